The number of nitrogens with two attached hydrogens (primary N) is 1. The van der Waals surface area contributed by atoms with E-state index in [4.69, 9.17) is 28.9 Å². The number of nitrogen functional groups attached to an aromatic ring is 1. The van der Waals surface area contributed by atoms with Crippen LogP contribution in [0.1, 0.15) is 23.5 Å². The molecule has 0 saturated heterocycles. The molecule has 1 aliphatic rings. The highest BCUT2D eigenvalue weighted by Gasteiger charge is 2.45. The van der Waals surface area contributed by atoms with Gasteiger partial charge in [-0.2, -0.15) is 0 Å². The van der Waals surface area contributed by atoms with E-state index >= 15 is 0 Å². The van der Waals surface area contributed by atoms with Crippen molar-refractivity contribution < 1.29 is 9.59 Å². The third-order valence-electron chi connectivity index (χ3n) is 4.52. The predicted octanol–water partition coefficient (Wildman–Crippen LogP) is 5.09. The summed E-state index contributed by atoms with van der Waals surface area (Å²) in [6, 6.07) is 12.3. The van der Waals surface area contributed by atoms with Crippen molar-refractivity contribution in [2.45, 2.75) is 17.8 Å². The van der Waals surface area contributed by atoms with E-state index in [2.05, 4.69) is 0 Å². The molecule has 2 aromatic rings. The largest absolute Gasteiger partial charge is 0.398 e. The minimum atomic E-state index is -1.05. The van der Waals surface area contributed by atoms with Crippen LogP contribution in [0.5, 0.6) is 0 Å². The second kappa shape index (κ2) is 7.09. The van der Waals surface area contributed by atoms with E-state index in [1.165, 1.54) is 0 Å². The number of carbonyl (C=O) groups is 2. The molecule has 0 saturated carbocycles. The summed E-state index contributed by atoms with van der Waals surface area (Å²) in [7, 11) is 0. The predicted molar refractivity (Wildman–Crippen MR) is 110 cm³/mol. The zero-order valence-electron chi connectivity index (χ0n) is 13.0. The van der Waals surface area contributed by atoms with E-state index in [0.717, 1.165) is 11.8 Å². The van der Waals surface area contributed by atoms with Crippen LogP contribution in [0.25, 0.3) is 0 Å². The molecule has 2 aromatic carbocycles. The van der Waals surface area contributed by atoms with Crippen LogP contribution in [0.2, 0.25) is 10.0 Å². The van der Waals surface area contributed by atoms with Crippen LogP contribution in [0.3, 0.4) is 0 Å². The molecular formula is C19H14Cl2INO2. The Hall–Kier alpha value is -1.37. The fourth-order valence-corrected chi connectivity index (χ4v) is 4.45. The number of carbonyl (C=O) groups excluding carboxylic acids is 2. The highest BCUT2D eigenvalue weighted by molar-refractivity contribution is 14.1. The zero-order chi connectivity index (χ0) is 18.2. The second-order valence-corrected chi connectivity index (χ2v) is 8.04. The normalized spacial score (nSPS) is 23.2. The van der Waals surface area contributed by atoms with E-state index in [9.17, 15) is 9.59 Å². The first-order valence-electron chi connectivity index (χ1n) is 7.56. The fourth-order valence-electron chi connectivity index (χ4n) is 3.33. The average Bonchev–Trinajstić information content (AvgIpc) is 2.57. The Kier molecular flexibility index (Phi) is 5.23. The number of Topliss-reactive ketones (excluding diaryl/α,β-unsaturated/α-hetero) is 1. The highest BCUT2D eigenvalue weighted by atomic mass is 127. The number of anilines is 1. The second-order valence-electron chi connectivity index (χ2n) is 6.01. The molecule has 0 aromatic heterocycles. The van der Waals surface area contributed by atoms with Crippen LogP contribution < -0.4 is 5.73 Å². The van der Waals surface area contributed by atoms with Gasteiger partial charge >= 0.3 is 0 Å². The first-order valence-corrected chi connectivity index (χ1v) is 9.39. The molecule has 3 nitrogen and oxygen atoms in total. The van der Waals surface area contributed by atoms with Crippen molar-refractivity contribution in [3.05, 3.63) is 73.3 Å². The summed E-state index contributed by atoms with van der Waals surface area (Å²) in [5.41, 5.74) is 7.00. The summed E-state index contributed by atoms with van der Waals surface area (Å²) in [6.07, 6.45) is 2.77. The topological polar surface area (TPSA) is 60.2 Å². The molecule has 1 aliphatic carbocycles. The lowest BCUT2D eigenvalue weighted by molar-refractivity contribution is -0.117. The van der Waals surface area contributed by atoms with E-state index in [1.54, 1.807) is 36.4 Å². The van der Waals surface area contributed by atoms with Crippen molar-refractivity contribution in [1.29, 1.82) is 0 Å². The minimum absolute atomic E-state index is 0.00409. The van der Waals surface area contributed by atoms with Crippen LogP contribution in [0.15, 0.2) is 52.1 Å². The molecule has 0 fully saturated rings. The molecule has 0 radical (unpaired) electrons. The van der Waals surface area contributed by atoms with Gasteiger partial charge in [0, 0.05) is 28.1 Å². The molecule has 2 N–H and O–H groups in total. The monoisotopic (exact) mass is 485 g/mol. The Morgan fingerprint density at radius 1 is 1.16 bits per heavy atom. The van der Waals surface area contributed by atoms with Crippen molar-refractivity contribution >= 4 is 63.5 Å². The Bertz CT molecular complexity index is 897. The number of hydrogen-bond acceptors (Lipinski definition) is 3. The maximum absolute atomic E-state index is 12.4. The number of rotatable bonds is 3. The first kappa shape index (κ1) is 18.4. The molecule has 2 atom stereocenters. The van der Waals surface area contributed by atoms with Crippen molar-refractivity contribution in [2.24, 2.45) is 0 Å². The molecule has 0 unspecified atom stereocenters. The van der Waals surface area contributed by atoms with Gasteiger partial charge in [-0.15, -0.1) is 0 Å². The van der Waals surface area contributed by atoms with E-state index < -0.39 is 11.3 Å². The molecule has 0 bridgehead atoms. The van der Waals surface area contributed by atoms with Gasteiger partial charge in [-0.05, 0) is 64.1 Å². The summed E-state index contributed by atoms with van der Waals surface area (Å²) in [5.74, 6) is -0.395. The Labute approximate surface area is 169 Å². The molecule has 25 heavy (non-hydrogen) atoms. The molecule has 6 heteroatoms. The quantitative estimate of drug-likeness (QED) is 0.374. The van der Waals surface area contributed by atoms with Crippen molar-refractivity contribution in [2.75, 3.05) is 5.73 Å². The Morgan fingerprint density at radius 3 is 2.52 bits per heavy atom. The molecule has 0 heterocycles. The fraction of sp³-hybridized carbons (Fsp3) is 0.158. The average molecular weight is 486 g/mol. The molecule has 128 valence electrons. The van der Waals surface area contributed by atoms with Crippen LogP contribution in [-0.2, 0) is 15.0 Å². The number of aldehydes is 1. The van der Waals surface area contributed by atoms with Gasteiger partial charge in [0.2, 0.25) is 0 Å². The van der Waals surface area contributed by atoms with Crippen LogP contribution in [0, 0.1) is 0 Å². The van der Waals surface area contributed by atoms with Gasteiger partial charge in [0.05, 0.1) is 8.99 Å². The lowest BCUT2D eigenvalue weighted by Crippen LogP contribution is -2.39. The van der Waals surface area contributed by atoms with E-state index in [-0.39, 0.29) is 12.2 Å². The van der Waals surface area contributed by atoms with Crippen molar-refractivity contribution in [3.8, 4) is 0 Å². The van der Waals surface area contributed by atoms with Crippen molar-refractivity contribution in [1.82, 2.24) is 0 Å². The molecule has 0 amide bonds. The van der Waals surface area contributed by atoms with E-state index in [0.29, 0.717) is 24.9 Å². The van der Waals surface area contributed by atoms with E-state index in [1.807, 2.05) is 34.7 Å². The number of ketones is 1. The van der Waals surface area contributed by atoms with Gasteiger partial charge in [0.15, 0.2) is 5.78 Å². The number of halogens is 3. The molecule has 3 rings (SSSR count). The van der Waals surface area contributed by atoms with Crippen molar-refractivity contribution in [3.63, 3.8) is 0 Å². The summed E-state index contributed by atoms with van der Waals surface area (Å²) >= 11 is 14.1. The van der Waals surface area contributed by atoms with Gasteiger partial charge in [-0.3, -0.25) is 4.79 Å². The SMILES string of the molecule is Nc1cc(Cl)ccc1[C@@]1(C=O)C=C(I)C(=O)C[C@H]1c1cccc(Cl)c1. The van der Waals surface area contributed by atoms with Gasteiger partial charge in [0.25, 0.3) is 0 Å². The summed E-state index contributed by atoms with van der Waals surface area (Å²) in [6.45, 7) is 0. The smallest absolute Gasteiger partial charge is 0.169 e. The lowest BCUT2D eigenvalue weighted by Gasteiger charge is -2.38. The number of hydrogen-bond donors (Lipinski definition) is 1. The number of allylic oxidation sites excluding steroid dienone is 2. The third-order valence-corrected chi connectivity index (χ3v) is 5.91. The maximum Gasteiger partial charge on any atom is 0.169 e. The summed E-state index contributed by atoms with van der Waals surface area (Å²) in [4.78, 5) is 24.7. The van der Waals surface area contributed by atoms with Crippen LogP contribution in [-0.4, -0.2) is 12.1 Å². The maximum atomic E-state index is 12.4. The zero-order valence-corrected chi connectivity index (χ0v) is 16.7. The molecule has 0 spiro atoms. The third kappa shape index (κ3) is 3.35. The Balaban J connectivity index is 2.28. The Morgan fingerprint density at radius 2 is 1.88 bits per heavy atom. The molecular weight excluding hydrogens is 472 g/mol. The minimum Gasteiger partial charge on any atom is -0.398 e. The first-order chi connectivity index (χ1) is 11.9. The summed E-state index contributed by atoms with van der Waals surface area (Å²) in [5, 5.41) is 1.05. The highest BCUT2D eigenvalue weighted by Crippen LogP contribution is 2.48. The summed E-state index contributed by atoms with van der Waals surface area (Å²) < 4.78 is 0.525. The van der Waals surface area contributed by atoms with Crippen LogP contribution in [0.4, 0.5) is 5.69 Å². The van der Waals surface area contributed by atoms with Crippen LogP contribution >= 0.6 is 45.8 Å². The van der Waals surface area contributed by atoms with Gasteiger partial charge in [-0.1, -0.05) is 41.4 Å². The molecule has 0 aliphatic heterocycles. The number of benzene rings is 2. The van der Waals surface area contributed by atoms with Gasteiger partial charge in [-0.25, -0.2) is 0 Å². The lowest BCUT2D eigenvalue weighted by atomic mass is 9.64. The standard InChI is InChI=1S/C19H14Cl2INO2/c20-12-3-1-2-11(6-12)15-8-18(25)16(22)9-19(15,10-24)14-5-4-13(21)7-17(14)23/h1-7,9-10,15H,8,23H2/t15-,19-/m0/s1. The van der Waals surface area contributed by atoms with Gasteiger partial charge < -0.3 is 10.5 Å². The van der Waals surface area contributed by atoms with Gasteiger partial charge in [0.1, 0.15) is 6.29 Å².